The molecule has 0 aliphatic heterocycles. The van der Waals surface area contributed by atoms with E-state index in [0.717, 1.165) is 17.7 Å². The van der Waals surface area contributed by atoms with Crippen LogP contribution < -0.4 is 10.6 Å². The molecular formula is C14H22N2O2S. The van der Waals surface area contributed by atoms with E-state index in [0.29, 0.717) is 19.0 Å². The van der Waals surface area contributed by atoms with Gasteiger partial charge in [0.05, 0.1) is 6.10 Å². The molecular weight excluding hydrogens is 260 g/mol. The van der Waals surface area contributed by atoms with Gasteiger partial charge in [-0.1, -0.05) is 25.3 Å². The third-order valence-corrected chi connectivity index (χ3v) is 4.49. The molecule has 2 rings (SSSR count). The van der Waals surface area contributed by atoms with Crippen LogP contribution in [0.4, 0.5) is 4.79 Å². The largest absolute Gasteiger partial charge is 0.388 e. The molecule has 0 saturated heterocycles. The van der Waals surface area contributed by atoms with Gasteiger partial charge in [0.1, 0.15) is 0 Å². The van der Waals surface area contributed by atoms with Crippen LogP contribution in [-0.2, 0) is 0 Å². The highest BCUT2D eigenvalue weighted by atomic mass is 32.1. The molecule has 19 heavy (non-hydrogen) atoms. The van der Waals surface area contributed by atoms with Gasteiger partial charge in [0.25, 0.3) is 0 Å². The van der Waals surface area contributed by atoms with Crippen LogP contribution in [0, 0.1) is 0 Å². The molecule has 1 aliphatic rings. The molecule has 1 atom stereocenters. The Kier molecular flexibility index (Phi) is 5.66. The van der Waals surface area contributed by atoms with Crippen molar-refractivity contribution in [2.45, 2.75) is 50.7 Å². The highest BCUT2D eigenvalue weighted by Crippen LogP contribution is 2.21. The zero-order chi connectivity index (χ0) is 13.5. The fraction of sp³-hybridized carbons (Fsp3) is 0.643. The minimum absolute atomic E-state index is 0.106. The number of aliphatic hydroxyl groups is 1. The number of hydrogen-bond acceptors (Lipinski definition) is 3. The van der Waals surface area contributed by atoms with Crippen molar-refractivity contribution in [3.05, 3.63) is 22.4 Å². The average molecular weight is 282 g/mol. The molecule has 0 unspecified atom stereocenters. The molecule has 106 valence electrons. The van der Waals surface area contributed by atoms with Crippen LogP contribution in [0.5, 0.6) is 0 Å². The van der Waals surface area contributed by atoms with Crippen LogP contribution in [-0.4, -0.2) is 23.7 Å². The average Bonchev–Trinajstić information content (AvgIpc) is 2.93. The SMILES string of the molecule is O=C(NCC[C@H](O)c1cccs1)NC1CCCCC1. The van der Waals surface area contributed by atoms with Gasteiger partial charge in [-0.2, -0.15) is 0 Å². The number of rotatable bonds is 5. The van der Waals surface area contributed by atoms with E-state index in [-0.39, 0.29) is 6.03 Å². The summed E-state index contributed by atoms with van der Waals surface area (Å²) < 4.78 is 0. The number of hydrogen-bond donors (Lipinski definition) is 3. The van der Waals surface area contributed by atoms with Gasteiger partial charge in [-0.25, -0.2) is 4.79 Å². The summed E-state index contributed by atoms with van der Waals surface area (Å²) >= 11 is 1.54. The molecule has 1 saturated carbocycles. The molecule has 1 heterocycles. The lowest BCUT2D eigenvalue weighted by atomic mass is 9.96. The second-order valence-corrected chi connectivity index (χ2v) is 6.03. The Balaban J connectivity index is 1.61. The van der Waals surface area contributed by atoms with E-state index in [1.165, 1.54) is 19.3 Å². The van der Waals surface area contributed by atoms with E-state index in [2.05, 4.69) is 10.6 Å². The van der Waals surface area contributed by atoms with Crippen LogP contribution in [0.2, 0.25) is 0 Å². The van der Waals surface area contributed by atoms with Gasteiger partial charge < -0.3 is 15.7 Å². The number of carbonyl (C=O) groups excluding carboxylic acids is 1. The molecule has 1 aromatic heterocycles. The summed E-state index contributed by atoms with van der Waals surface area (Å²) in [4.78, 5) is 12.6. The maximum atomic E-state index is 11.7. The van der Waals surface area contributed by atoms with Gasteiger partial charge in [0.15, 0.2) is 0 Å². The molecule has 0 aromatic carbocycles. The summed E-state index contributed by atoms with van der Waals surface area (Å²) in [7, 11) is 0. The second kappa shape index (κ2) is 7.50. The van der Waals surface area contributed by atoms with E-state index in [4.69, 9.17) is 0 Å². The van der Waals surface area contributed by atoms with Crippen molar-refractivity contribution < 1.29 is 9.90 Å². The number of carbonyl (C=O) groups is 1. The summed E-state index contributed by atoms with van der Waals surface area (Å²) in [6.45, 7) is 0.498. The number of thiophene rings is 1. The Labute approximate surface area is 118 Å². The zero-order valence-corrected chi connectivity index (χ0v) is 11.9. The van der Waals surface area contributed by atoms with Gasteiger partial charge in [-0.15, -0.1) is 11.3 Å². The minimum Gasteiger partial charge on any atom is -0.388 e. The zero-order valence-electron chi connectivity index (χ0n) is 11.1. The summed E-state index contributed by atoms with van der Waals surface area (Å²) in [5, 5.41) is 17.6. The standard InChI is InChI=1S/C14H22N2O2S/c17-12(13-7-4-10-19-13)8-9-15-14(18)16-11-5-2-1-3-6-11/h4,7,10-12,17H,1-3,5-6,8-9H2,(H2,15,16,18)/t12-/m0/s1. The monoisotopic (exact) mass is 282 g/mol. The number of urea groups is 1. The van der Waals surface area contributed by atoms with Crippen LogP contribution in [0.1, 0.15) is 49.5 Å². The Morgan fingerprint density at radius 1 is 1.42 bits per heavy atom. The summed E-state index contributed by atoms with van der Waals surface area (Å²) in [5.41, 5.74) is 0. The molecule has 5 heteroatoms. The number of amides is 2. The summed E-state index contributed by atoms with van der Waals surface area (Å²) in [6.07, 6.45) is 5.96. The smallest absolute Gasteiger partial charge is 0.315 e. The first-order valence-electron chi connectivity index (χ1n) is 7.01. The first kappa shape index (κ1) is 14.3. The summed E-state index contributed by atoms with van der Waals surface area (Å²) in [6, 6.07) is 4.06. The van der Waals surface area contributed by atoms with Crippen LogP contribution in [0.3, 0.4) is 0 Å². The molecule has 2 amide bonds. The maximum Gasteiger partial charge on any atom is 0.315 e. The normalized spacial score (nSPS) is 17.9. The van der Waals surface area contributed by atoms with Crippen molar-refractivity contribution in [3.63, 3.8) is 0 Å². The molecule has 1 fully saturated rings. The Morgan fingerprint density at radius 2 is 2.21 bits per heavy atom. The van der Waals surface area contributed by atoms with Crippen molar-refractivity contribution in [2.75, 3.05) is 6.54 Å². The third kappa shape index (κ3) is 4.84. The van der Waals surface area contributed by atoms with E-state index in [1.54, 1.807) is 11.3 Å². The van der Waals surface area contributed by atoms with Crippen molar-refractivity contribution in [1.82, 2.24) is 10.6 Å². The number of nitrogens with one attached hydrogen (secondary N) is 2. The lowest BCUT2D eigenvalue weighted by Crippen LogP contribution is -2.43. The van der Waals surface area contributed by atoms with E-state index >= 15 is 0 Å². The van der Waals surface area contributed by atoms with Gasteiger partial charge in [0, 0.05) is 17.5 Å². The Hall–Kier alpha value is -1.07. The minimum atomic E-state index is -0.477. The molecule has 0 radical (unpaired) electrons. The molecule has 1 aliphatic carbocycles. The predicted octanol–water partition coefficient (Wildman–Crippen LogP) is 2.80. The van der Waals surface area contributed by atoms with Gasteiger partial charge in [0.2, 0.25) is 0 Å². The fourth-order valence-electron chi connectivity index (χ4n) is 2.43. The quantitative estimate of drug-likeness (QED) is 0.777. The van der Waals surface area contributed by atoms with Crippen molar-refractivity contribution in [1.29, 1.82) is 0 Å². The second-order valence-electron chi connectivity index (χ2n) is 5.06. The van der Waals surface area contributed by atoms with E-state index in [9.17, 15) is 9.90 Å². The Bertz CT molecular complexity index is 375. The lowest BCUT2D eigenvalue weighted by molar-refractivity contribution is 0.170. The number of aliphatic hydroxyl groups excluding tert-OH is 1. The van der Waals surface area contributed by atoms with Gasteiger partial charge in [-0.05, 0) is 30.7 Å². The molecule has 3 N–H and O–H groups in total. The molecule has 1 aromatic rings. The van der Waals surface area contributed by atoms with Gasteiger partial charge >= 0.3 is 6.03 Å². The fourth-order valence-corrected chi connectivity index (χ4v) is 3.18. The molecule has 4 nitrogen and oxygen atoms in total. The summed E-state index contributed by atoms with van der Waals surface area (Å²) in [5.74, 6) is 0. The first-order chi connectivity index (χ1) is 9.25. The van der Waals surface area contributed by atoms with Crippen molar-refractivity contribution in [2.24, 2.45) is 0 Å². The maximum absolute atomic E-state index is 11.7. The topological polar surface area (TPSA) is 61.4 Å². The highest BCUT2D eigenvalue weighted by Gasteiger charge is 2.15. The van der Waals surface area contributed by atoms with Crippen molar-refractivity contribution in [3.8, 4) is 0 Å². The first-order valence-corrected chi connectivity index (χ1v) is 7.89. The van der Waals surface area contributed by atoms with Gasteiger partial charge in [-0.3, -0.25) is 0 Å². The Morgan fingerprint density at radius 3 is 2.89 bits per heavy atom. The molecule has 0 bridgehead atoms. The predicted molar refractivity (Wildman–Crippen MR) is 77.3 cm³/mol. The third-order valence-electron chi connectivity index (χ3n) is 3.52. The van der Waals surface area contributed by atoms with Crippen LogP contribution in [0.15, 0.2) is 17.5 Å². The lowest BCUT2D eigenvalue weighted by Gasteiger charge is -2.23. The highest BCUT2D eigenvalue weighted by molar-refractivity contribution is 7.10. The van der Waals surface area contributed by atoms with Crippen LogP contribution in [0.25, 0.3) is 0 Å². The van der Waals surface area contributed by atoms with Crippen LogP contribution >= 0.6 is 11.3 Å². The van der Waals surface area contributed by atoms with E-state index in [1.807, 2.05) is 17.5 Å². The van der Waals surface area contributed by atoms with E-state index < -0.39 is 6.10 Å². The van der Waals surface area contributed by atoms with Crippen molar-refractivity contribution >= 4 is 17.4 Å². The molecule has 0 spiro atoms.